The first kappa shape index (κ1) is 15.1. The van der Waals surface area contributed by atoms with Crippen molar-refractivity contribution < 1.29 is 14.2 Å². The summed E-state index contributed by atoms with van der Waals surface area (Å²) in [6, 6.07) is 9.66. The minimum atomic E-state index is -1.33. The fourth-order valence-electron chi connectivity index (χ4n) is 3.14. The van der Waals surface area contributed by atoms with E-state index in [4.69, 9.17) is 20.6 Å². The van der Waals surface area contributed by atoms with Gasteiger partial charge >= 0.3 is 5.97 Å². The molecular formula is C18H19NO3. The Balaban J connectivity index is 2.04. The minimum absolute atomic E-state index is 0.107. The van der Waals surface area contributed by atoms with Crippen molar-refractivity contribution in [2.24, 2.45) is 11.3 Å². The Bertz CT molecular complexity index is 652. The Morgan fingerprint density at radius 1 is 1.18 bits per heavy atom. The van der Waals surface area contributed by atoms with Crippen molar-refractivity contribution in [1.29, 1.82) is 5.26 Å². The Hall–Kier alpha value is -1.85. The first-order valence-electron chi connectivity index (χ1n) is 7.33. The highest BCUT2D eigenvalue weighted by molar-refractivity contribution is 5.35. The van der Waals surface area contributed by atoms with Crippen molar-refractivity contribution in [2.45, 2.75) is 32.3 Å². The molecule has 4 nitrogen and oxygen atoms in total. The third-order valence-electron chi connectivity index (χ3n) is 4.50. The quantitative estimate of drug-likeness (QED) is 0.748. The van der Waals surface area contributed by atoms with E-state index in [9.17, 15) is 5.26 Å². The van der Waals surface area contributed by atoms with Crippen LogP contribution < -0.4 is 0 Å². The van der Waals surface area contributed by atoms with Gasteiger partial charge in [0.05, 0.1) is 19.3 Å². The molecule has 0 aromatic heterocycles. The molecule has 4 heteroatoms. The van der Waals surface area contributed by atoms with Crippen LogP contribution in [0.1, 0.15) is 31.9 Å². The summed E-state index contributed by atoms with van der Waals surface area (Å²) in [5.74, 6) is 1.14. The lowest BCUT2D eigenvalue weighted by atomic mass is 9.68. The molecule has 1 aromatic carbocycles. The Labute approximate surface area is 131 Å². The second-order valence-electron chi connectivity index (χ2n) is 6.80. The molecule has 3 saturated heterocycles. The highest BCUT2D eigenvalue weighted by Gasteiger charge is 2.63. The predicted octanol–water partition coefficient (Wildman–Crippen LogP) is 2.78. The molecule has 3 aliphatic rings. The first-order valence-corrected chi connectivity index (χ1v) is 7.33. The van der Waals surface area contributed by atoms with Crippen LogP contribution in [0.15, 0.2) is 24.3 Å². The molecule has 22 heavy (non-hydrogen) atoms. The molecule has 0 N–H and O–H groups in total. The van der Waals surface area contributed by atoms with E-state index in [0.717, 1.165) is 5.56 Å². The number of nitrogens with zero attached hydrogens (tertiary/aromatic N) is 1. The van der Waals surface area contributed by atoms with Gasteiger partial charge in [-0.25, -0.2) is 0 Å². The number of fused-ring (bicyclic) bond motifs is 3. The summed E-state index contributed by atoms with van der Waals surface area (Å²) >= 11 is 0. The van der Waals surface area contributed by atoms with Gasteiger partial charge < -0.3 is 14.2 Å². The number of hydrogen-bond donors (Lipinski definition) is 0. The average Bonchev–Trinajstić information content (AvgIpc) is 2.54. The van der Waals surface area contributed by atoms with Crippen molar-refractivity contribution in [3.8, 4) is 18.4 Å². The van der Waals surface area contributed by atoms with Crippen LogP contribution >= 0.6 is 0 Å². The van der Waals surface area contributed by atoms with Crippen LogP contribution in [0.2, 0.25) is 0 Å². The molecule has 0 radical (unpaired) electrons. The van der Waals surface area contributed by atoms with Crippen LogP contribution in [-0.2, 0) is 20.2 Å². The van der Waals surface area contributed by atoms with Gasteiger partial charge in [-0.05, 0) is 24.3 Å². The van der Waals surface area contributed by atoms with Gasteiger partial charge in [0.25, 0.3) is 0 Å². The fourth-order valence-corrected chi connectivity index (χ4v) is 3.14. The molecule has 1 atom stereocenters. The van der Waals surface area contributed by atoms with E-state index in [1.807, 2.05) is 45.0 Å². The van der Waals surface area contributed by atoms with E-state index >= 15 is 0 Å². The second kappa shape index (κ2) is 4.83. The standard InChI is InChI=1S/C18H19NO3/c1-5-13-6-8-14(9-7-13)18-20-10-15(11-21-18)17(12-19,22-18)16(2,3)4/h1,6-9,15H,10-11H2,2-4H3. The molecule has 114 valence electrons. The minimum Gasteiger partial charge on any atom is -0.323 e. The van der Waals surface area contributed by atoms with Gasteiger partial charge in [-0.15, -0.1) is 6.42 Å². The summed E-state index contributed by atoms with van der Waals surface area (Å²) in [4.78, 5) is 0. The smallest absolute Gasteiger partial charge is 0.313 e. The summed E-state index contributed by atoms with van der Waals surface area (Å²) in [5.41, 5.74) is 0.179. The lowest BCUT2D eigenvalue weighted by Gasteiger charge is -2.57. The van der Waals surface area contributed by atoms with Crippen LogP contribution in [0.25, 0.3) is 0 Å². The van der Waals surface area contributed by atoms with Crippen molar-refractivity contribution in [3.63, 3.8) is 0 Å². The van der Waals surface area contributed by atoms with E-state index < -0.39 is 11.6 Å². The third-order valence-corrected chi connectivity index (χ3v) is 4.50. The van der Waals surface area contributed by atoms with Crippen molar-refractivity contribution in [2.75, 3.05) is 13.2 Å². The molecule has 0 spiro atoms. The van der Waals surface area contributed by atoms with E-state index in [2.05, 4.69) is 12.0 Å². The average molecular weight is 297 g/mol. The topological polar surface area (TPSA) is 51.5 Å². The molecule has 0 aliphatic carbocycles. The van der Waals surface area contributed by atoms with Gasteiger partial charge in [-0.3, -0.25) is 0 Å². The van der Waals surface area contributed by atoms with Crippen LogP contribution in [0, 0.1) is 35.0 Å². The van der Waals surface area contributed by atoms with Crippen LogP contribution in [-0.4, -0.2) is 18.8 Å². The van der Waals surface area contributed by atoms with Gasteiger partial charge in [-0.1, -0.05) is 26.7 Å². The highest BCUT2D eigenvalue weighted by atomic mass is 16.9. The zero-order chi connectivity index (χ0) is 16.0. The maximum Gasteiger partial charge on any atom is 0.313 e. The number of ether oxygens (including phenoxy) is 3. The molecule has 0 amide bonds. The Morgan fingerprint density at radius 2 is 1.77 bits per heavy atom. The molecule has 4 rings (SSSR count). The number of rotatable bonds is 1. The molecule has 1 aromatic rings. The lowest BCUT2D eigenvalue weighted by molar-refractivity contribution is -0.504. The predicted molar refractivity (Wildman–Crippen MR) is 80.3 cm³/mol. The maximum atomic E-state index is 9.83. The SMILES string of the molecule is C#Cc1ccc(C23OCC(CO2)C(C#N)(C(C)(C)C)O3)cc1. The molecular weight excluding hydrogens is 278 g/mol. The highest BCUT2D eigenvalue weighted by Crippen LogP contribution is 2.53. The molecule has 1 unspecified atom stereocenters. The second-order valence-corrected chi connectivity index (χ2v) is 6.80. The van der Waals surface area contributed by atoms with Gasteiger partial charge in [0.15, 0.2) is 5.60 Å². The number of terminal acetylenes is 1. The zero-order valence-corrected chi connectivity index (χ0v) is 13.1. The third kappa shape index (κ3) is 1.96. The maximum absolute atomic E-state index is 9.83. The molecule has 2 bridgehead atoms. The first-order chi connectivity index (χ1) is 10.4. The number of benzene rings is 1. The van der Waals surface area contributed by atoms with E-state index in [1.54, 1.807) is 0 Å². The fraction of sp³-hybridized carbons (Fsp3) is 0.500. The summed E-state index contributed by atoms with van der Waals surface area (Å²) < 4.78 is 17.8. The summed E-state index contributed by atoms with van der Waals surface area (Å²) in [6.45, 7) is 6.88. The lowest BCUT2D eigenvalue weighted by Crippen LogP contribution is -2.67. The molecule has 0 saturated carbocycles. The largest absolute Gasteiger partial charge is 0.323 e. The number of nitriles is 1. The Morgan fingerprint density at radius 3 is 2.23 bits per heavy atom. The van der Waals surface area contributed by atoms with Gasteiger partial charge in [0.1, 0.15) is 0 Å². The Kier molecular flexibility index (Phi) is 3.30. The monoisotopic (exact) mass is 297 g/mol. The zero-order valence-electron chi connectivity index (χ0n) is 13.1. The van der Waals surface area contributed by atoms with Crippen molar-refractivity contribution in [3.05, 3.63) is 35.4 Å². The molecule has 3 fully saturated rings. The van der Waals surface area contributed by atoms with Gasteiger partial charge in [0.2, 0.25) is 0 Å². The summed E-state index contributed by atoms with van der Waals surface area (Å²) in [6.07, 6.45) is 5.39. The van der Waals surface area contributed by atoms with Gasteiger partial charge in [0, 0.05) is 22.5 Å². The van der Waals surface area contributed by atoms with Crippen LogP contribution in [0.3, 0.4) is 0 Å². The summed E-state index contributed by atoms with van der Waals surface area (Å²) in [5, 5.41) is 9.83. The van der Waals surface area contributed by atoms with Crippen LogP contribution in [0.4, 0.5) is 0 Å². The van der Waals surface area contributed by atoms with Crippen LogP contribution in [0.5, 0.6) is 0 Å². The normalized spacial score (nSPS) is 34.0. The van der Waals surface area contributed by atoms with Crippen molar-refractivity contribution >= 4 is 0 Å². The van der Waals surface area contributed by atoms with Gasteiger partial charge in [-0.2, -0.15) is 5.26 Å². The molecule has 3 heterocycles. The molecule has 3 aliphatic heterocycles. The number of hydrogen-bond acceptors (Lipinski definition) is 4. The van der Waals surface area contributed by atoms with Crippen molar-refractivity contribution in [1.82, 2.24) is 0 Å². The van der Waals surface area contributed by atoms with E-state index in [1.165, 1.54) is 0 Å². The summed E-state index contributed by atoms with van der Waals surface area (Å²) in [7, 11) is 0. The van der Waals surface area contributed by atoms with E-state index in [-0.39, 0.29) is 11.3 Å². The van der Waals surface area contributed by atoms with E-state index in [0.29, 0.717) is 18.8 Å².